The Kier molecular flexibility index (Phi) is 6.75. The number of aromatic nitrogens is 1. The third-order valence-electron chi connectivity index (χ3n) is 6.97. The van der Waals surface area contributed by atoms with Crippen LogP contribution in [0.15, 0.2) is 107 Å². The molecule has 0 spiro atoms. The number of benzene rings is 4. The zero-order chi connectivity index (χ0) is 27.1. The highest BCUT2D eigenvalue weighted by Crippen LogP contribution is 2.41. The van der Waals surface area contributed by atoms with E-state index in [-0.39, 0.29) is 11.7 Å². The fourth-order valence-corrected chi connectivity index (χ4v) is 5.84. The lowest BCUT2D eigenvalue weighted by atomic mass is 9.89. The smallest absolute Gasteiger partial charge is 0.267 e. The van der Waals surface area contributed by atoms with Crippen molar-refractivity contribution in [3.8, 4) is 11.1 Å². The molecule has 192 valence electrons. The molecular formula is C32H22BrClFN3O. The third kappa shape index (κ3) is 4.64. The van der Waals surface area contributed by atoms with Gasteiger partial charge in [-0.3, -0.25) is 9.78 Å². The van der Waals surface area contributed by atoms with Gasteiger partial charge >= 0.3 is 0 Å². The van der Waals surface area contributed by atoms with Crippen LogP contribution >= 0.6 is 27.5 Å². The fourth-order valence-electron chi connectivity index (χ4n) is 5.21. The van der Waals surface area contributed by atoms with Crippen molar-refractivity contribution in [3.63, 3.8) is 0 Å². The summed E-state index contributed by atoms with van der Waals surface area (Å²) in [5.74, 6) is -0.700. The van der Waals surface area contributed by atoms with E-state index in [1.165, 1.54) is 11.1 Å². The number of carbonyl (C=O) groups is 1. The van der Waals surface area contributed by atoms with Crippen LogP contribution < -0.4 is 0 Å². The van der Waals surface area contributed by atoms with E-state index < -0.39 is 6.04 Å². The maximum absolute atomic E-state index is 15.1. The van der Waals surface area contributed by atoms with Gasteiger partial charge in [0, 0.05) is 43.7 Å². The van der Waals surface area contributed by atoms with Gasteiger partial charge < -0.3 is 0 Å². The maximum atomic E-state index is 15.1. The SMILES string of the molecule is Cc1nc2ccc(Cl)cc2c(-c2ccccc2)c1C1=NN(C(=O)c2ccccc2Br)[C@H](c2ccccc2F)C1. The van der Waals surface area contributed by atoms with E-state index in [0.29, 0.717) is 32.8 Å². The summed E-state index contributed by atoms with van der Waals surface area (Å²) in [6.07, 6.45) is 0.325. The normalized spacial score (nSPS) is 15.0. The van der Waals surface area contributed by atoms with Crippen LogP contribution in [-0.4, -0.2) is 21.6 Å². The van der Waals surface area contributed by atoms with Crippen molar-refractivity contribution < 1.29 is 9.18 Å². The van der Waals surface area contributed by atoms with Crippen molar-refractivity contribution in [2.45, 2.75) is 19.4 Å². The van der Waals surface area contributed by atoms with Crippen LogP contribution in [0.2, 0.25) is 5.02 Å². The Labute approximate surface area is 238 Å². The van der Waals surface area contributed by atoms with Gasteiger partial charge in [-0.25, -0.2) is 9.40 Å². The summed E-state index contributed by atoms with van der Waals surface area (Å²) in [5, 5.41) is 7.78. The molecule has 0 aliphatic carbocycles. The maximum Gasteiger partial charge on any atom is 0.275 e. The number of carbonyl (C=O) groups excluding carboxylic acids is 1. The molecule has 0 radical (unpaired) electrons. The Morgan fingerprint density at radius 3 is 2.44 bits per heavy atom. The van der Waals surface area contributed by atoms with Gasteiger partial charge in [-0.1, -0.05) is 72.3 Å². The Morgan fingerprint density at radius 2 is 1.67 bits per heavy atom. The number of pyridine rings is 1. The summed E-state index contributed by atoms with van der Waals surface area (Å²) in [4.78, 5) is 18.8. The number of hydrogen-bond acceptors (Lipinski definition) is 3. The Balaban J connectivity index is 1.59. The number of fused-ring (bicyclic) bond motifs is 1. The molecule has 4 aromatic carbocycles. The van der Waals surface area contributed by atoms with Gasteiger partial charge in [0.05, 0.1) is 22.8 Å². The van der Waals surface area contributed by atoms with E-state index >= 15 is 4.39 Å². The average molecular weight is 599 g/mol. The number of hydrazone groups is 1. The second-order valence-electron chi connectivity index (χ2n) is 9.39. The first kappa shape index (κ1) is 25.4. The molecule has 1 amide bonds. The molecule has 0 saturated heterocycles. The number of aryl methyl sites for hydroxylation is 1. The molecule has 1 aliphatic rings. The van der Waals surface area contributed by atoms with Crippen LogP contribution in [-0.2, 0) is 0 Å². The minimum atomic E-state index is -0.626. The first-order valence-corrected chi connectivity index (χ1v) is 13.6. The highest BCUT2D eigenvalue weighted by Gasteiger charge is 2.37. The zero-order valence-electron chi connectivity index (χ0n) is 20.9. The molecule has 4 nitrogen and oxygen atoms in total. The van der Waals surface area contributed by atoms with Gasteiger partial charge in [0.2, 0.25) is 0 Å². The summed E-state index contributed by atoms with van der Waals surface area (Å²) in [6.45, 7) is 1.94. The van der Waals surface area contributed by atoms with E-state index in [1.54, 1.807) is 36.4 Å². The molecule has 0 fully saturated rings. The fraction of sp³-hybridized carbons (Fsp3) is 0.0938. The standard InChI is InChI=1S/C32H22BrClFN3O/c1-19-30(31(20-9-3-2-4-10-20)24-17-21(34)15-16-27(24)36-19)28-18-29(23-12-6-8-14-26(23)35)38(37-28)32(39)22-11-5-7-13-25(22)33/h2-17,29H,18H2,1H3/t29-/m0/s1. The first-order chi connectivity index (χ1) is 18.9. The zero-order valence-corrected chi connectivity index (χ0v) is 23.2. The van der Waals surface area contributed by atoms with Gasteiger partial charge in [0.25, 0.3) is 5.91 Å². The Bertz CT molecular complexity index is 1770. The lowest BCUT2D eigenvalue weighted by molar-refractivity contribution is 0.0708. The summed E-state index contributed by atoms with van der Waals surface area (Å²) in [6, 6.07) is 28.7. The highest BCUT2D eigenvalue weighted by molar-refractivity contribution is 9.10. The van der Waals surface area contributed by atoms with Gasteiger partial charge in [-0.05, 0) is 64.8 Å². The van der Waals surface area contributed by atoms with E-state index in [4.69, 9.17) is 21.7 Å². The predicted octanol–water partition coefficient (Wildman–Crippen LogP) is 8.76. The molecule has 1 atom stereocenters. The molecule has 0 N–H and O–H groups in total. The number of hydrogen-bond donors (Lipinski definition) is 0. The third-order valence-corrected chi connectivity index (χ3v) is 7.89. The molecule has 5 aromatic rings. The lowest BCUT2D eigenvalue weighted by Gasteiger charge is -2.23. The van der Waals surface area contributed by atoms with Gasteiger partial charge in [0.1, 0.15) is 5.82 Å². The quantitative estimate of drug-likeness (QED) is 0.208. The number of halogens is 3. The van der Waals surface area contributed by atoms with Gasteiger partial charge in [-0.15, -0.1) is 0 Å². The monoisotopic (exact) mass is 597 g/mol. The number of rotatable bonds is 4. The molecule has 0 saturated carbocycles. The van der Waals surface area contributed by atoms with Crippen LogP contribution in [0.5, 0.6) is 0 Å². The minimum Gasteiger partial charge on any atom is -0.267 e. The molecule has 1 aromatic heterocycles. The topological polar surface area (TPSA) is 45.6 Å². The average Bonchev–Trinajstić information content (AvgIpc) is 3.38. The molecule has 7 heteroatoms. The molecule has 0 unspecified atom stereocenters. The van der Waals surface area contributed by atoms with E-state index in [9.17, 15) is 4.79 Å². The van der Waals surface area contributed by atoms with Crippen molar-refractivity contribution in [1.82, 2.24) is 9.99 Å². The molecule has 1 aliphatic heterocycles. The van der Waals surface area contributed by atoms with E-state index in [2.05, 4.69) is 15.9 Å². The molecule has 6 rings (SSSR count). The Morgan fingerprint density at radius 1 is 0.949 bits per heavy atom. The number of amides is 1. The van der Waals surface area contributed by atoms with Gasteiger partial charge in [0.15, 0.2) is 0 Å². The van der Waals surface area contributed by atoms with Crippen molar-refractivity contribution in [3.05, 3.63) is 135 Å². The summed E-state index contributed by atoms with van der Waals surface area (Å²) >= 11 is 9.93. The van der Waals surface area contributed by atoms with Crippen LogP contribution in [0, 0.1) is 12.7 Å². The van der Waals surface area contributed by atoms with Crippen LogP contribution in [0.1, 0.15) is 39.6 Å². The van der Waals surface area contributed by atoms with Crippen molar-refractivity contribution >= 4 is 50.1 Å². The molecule has 39 heavy (non-hydrogen) atoms. The molecule has 0 bridgehead atoms. The van der Waals surface area contributed by atoms with E-state index in [1.807, 2.05) is 61.5 Å². The lowest BCUT2D eigenvalue weighted by Crippen LogP contribution is -2.28. The van der Waals surface area contributed by atoms with Crippen LogP contribution in [0.25, 0.3) is 22.0 Å². The van der Waals surface area contributed by atoms with Gasteiger partial charge in [-0.2, -0.15) is 5.10 Å². The van der Waals surface area contributed by atoms with Crippen molar-refractivity contribution in [2.75, 3.05) is 0 Å². The first-order valence-electron chi connectivity index (χ1n) is 12.5. The van der Waals surface area contributed by atoms with Crippen molar-refractivity contribution in [2.24, 2.45) is 5.10 Å². The largest absolute Gasteiger partial charge is 0.275 e. The second-order valence-corrected chi connectivity index (χ2v) is 10.7. The Hall–Kier alpha value is -3.87. The summed E-state index contributed by atoms with van der Waals surface area (Å²) in [7, 11) is 0. The van der Waals surface area contributed by atoms with Crippen LogP contribution in [0.3, 0.4) is 0 Å². The number of nitrogens with zero attached hydrogens (tertiary/aromatic N) is 3. The minimum absolute atomic E-state index is 0.318. The summed E-state index contributed by atoms with van der Waals surface area (Å²) in [5.41, 5.74) is 5.83. The van der Waals surface area contributed by atoms with E-state index in [0.717, 1.165) is 33.3 Å². The molecule has 2 heterocycles. The summed E-state index contributed by atoms with van der Waals surface area (Å²) < 4.78 is 15.8. The second kappa shape index (κ2) is 10.4. The highest BCUT2D eigenvalue weighted by atomic mass is 79.9. The predicted molar refractivity (Wildman–Crippen MR) is 158 cm³/mol. The molecular weight excluding hydrogens is 577 g/mol. The van der Waals surface area contributed by atoms with Crippen molar-refractivity contribution in [1.29, 1.82) is 0 Å². The van der Waals surface area contributed by atoms with Crippen LogP contribution in [0.4, 0.5) is 4.39 Å².